The molecule has 3 heterocycles. The first-order valence-corrected chi connectivity index (χ1v) is 7.75. The smallest absolute Gasteiger partial charge is 0.266 e. The van der Waals surface area contributed by atoms with Gasteiger partial charge in [0.15, 0.2) is 6.23 Å². The van der Waals surface area contributed by atoms with E-state index < -0.39 is 12.1 Å². The second kappa shape index (κ2) is 5.94. The van der Waals surface area contributed by atoms with E-state index in [1.54, 1.807) is 12.5 Å². The minimum absolute atomic E-state index is 0.111. The van der Waals surface area contributed by atoms with Crippen LogP contribution in [0.25, 0.3) is 0 Å². The Kier molecular flexibility index (Phi) is 4.15. The van der Waals surface area contributed by atoms with Gasteiger partial charge in [0.25, 0.3) is 11.8 Å². The Morgan fingerprint density at radius 1 is 1.50 bits per heavy atom. The third-order valence-corrected chi connectivity index (χ3v) is 4.45. The van der Waals surface area contributed by atoms with E-state index in [-0.39, 0.29) is 17.6 Å². The van der Waals surface area contributed by atoms with Crippen molar-refractivity contribution in [2.75, 3.05) is 26.0 Å². The van der Waals surface area contributed by atoms with Crippen LogP contribution < -0.4 is 5.73 Å². The standard InChI is InChI=1S/C13H17N3O5S/c1-7(19-2)5-15-20-4-3-9(21-15)16-12(17)8-6-22-11(14)10(8)13(16)18/h6-7,9H,3-5,14H2,1-2H3. The van der Waals surface area contributed by atoms with Gasteiger partial charge < -0.3 is 10.5 Å². The van der Waals surface area contributed by atoms with Crippen molar-refractivity contribution in [1.82, 2.24) is 10.1 Å². The van der Waals surface area contributed by atoms with Gasteiger partial charge in [-0.3, -0.25) is 14.4 Å². The van der Waals surface area contributed by atoms with Crippen molar-refractivity contribution < 1.29 is 24.0 Å². The fourth-order valence-corrected chi connectivity index (χ4v) is 3.16. The summed E-state index contributed by atoms with van der Waals surface area (Å²) in [7, 11) is 1.58. The number of hydrogen-bond acceptors (Lipinski definition) is 8. The molecule has 2 aliphatic heterocycles. The Labute approximate surface area is 131 Å². The Morgan fingerprint density at radius 2 is 2.27 bits per heavy atom. The number of nitrogen functional groups attached to an aromatic ring is 1. The molecule has 1 aromatic heterocycles. The highest BCUT2D eigenvalue weighted by molar-refractivity contribution is 7.14. The van der Waals surface area contributed by atoms with Gasteiger partial charge in [-0.25, -0.2) is 9.74 Å². The Balaban J connectivity index is 1.75. The summed E-state index contributed by atoms with van der Waals surface area (Å²) in [6.07, 6.45) is -0.404. The van der Waals surface area contributed by atoms with Crippen LogP contribution in [0.15, 0.2) is 5.38 Å². The summed E-state index contributed by atoms with van der Waals surface area (Å²) in [6, 6.07) is 0. The largest absolute Gasteiger partial charge is 0.390 e. The summed E-state index contributed by atoms with van der Waals surface area (Å²) in [5, 5.41) is 3.22. The van der Waals surface area contributed by atoms with Crippen molar-refractivity contribution in [3.05, 3.63) is 16.5 Å². The lowest BCUT2D eigenvalue weighted by atomic mass is 10.2. The number of anilines is 1. The van der Waals surface area contributed by atoms with E-state index >= 15 is 0 Å². The first-order valence-electron chi connectivity index (χ1n) is 6.87. The van der Waals surface area contributed by atoms with E-state index in [4.69, 9.17) is 20.1 Å². The van der Waals surface area contributed by atoms with Crippen LogP contribution in [0.3, 0.4) is 0 Å². The molecule has 0 aromatic carbocycles. The summed E-state index contributed by atoms with van der Waals surface area (Å²) in [4.78, 5) is 36.9. The third kappa shape index (κ3) is 2.50. The number of amides is 2. The molecule has 9 heteroatoms. The summed E-state index contributed by atoms with van der Waals surface area (Å²) in [5.74, 6) is -0.787. The summed E-state index contributed by atoms with van der Waals surface area (Å²) in [6.45, 7) is 2.58. The molecule has 2 amide bonds. The highest BCUT2D eigenvalue weighted by atomic mass is 32.1. The number of carbonyl (C=O) groups is 2. The highest BCUT2D eigenvalue weighted by Crippen LogP contribution is 2.35. The first kappa shape index (κ1) is 15.4. The number of hydrogen-bond donors (Lipinski definition) is 1. The molecular weight excluding hydrogens is 310 g/mol. The molecule has 3 rings (SSSR count). The van der Waals surface area contributed by atoms with Crippen molar-refractivity contribution in [2.45, 2.75) is 25.7 Å². The normalized spacial score (nSPS) is 23.9. The van der Waals surface area contributed by atoms with Gasteiger partial charge in [-0.05, 0) is 6.92 Å². The first-order chi connectivity index (χ1) is 10.5. The quantitative estimate of drug-likeness (QED) is 0.819. The summed E-state index contributed by atoms with van der Waals surface area (Å²) >= 11 is 1.19. The van der Waals surface area contributed by atoms with Gasteiger partial charge in [0.05, 0.1) is 35.4 Å². The Hall–Kier alpha value is -1.52. The van der Waals surface area contributed by atoms with Gasteiger partial charge in [-0.15, -0.1) is 11.3 Å². The van der Waals surface area contributed by atoms with Crippen molar-refractivity contribution in [2.24, 2.45) is 0 Å². The van der Waals surface area contributed by atoms with Gasteiger partial charge >= 0.3 is 0 Å². The molecule has 2 unspecified atom stereocenters. The number of nitrogens with two attached hydrogens (primary N) is 1. The molecule has 0 spiro atoms. The minimum atomic E-state index is -0.699. The fourth-order valence-electron chi connectivity index (χ4n) is 2.39. The highest BCUT2D eigenvalue weighted by Gasteiger charge is 2.44. The molecule has 22 heavy (non-hydrogen) atoms. The van der Waals surface area contributed by atoms with E-state index in [0.29, 0.717) is 30.1 Å². The van der Waals surface area contributed by atoms with Gasteiger partial charge in [0.1, 0.15) is 0 Å². The number of methoxy groups -OCH3 is 1. The number of thiophene rings is 1. The monoisotopic (exact) mass is 327 g/mol. The van der Waals surface area contributed by atoms with Crippen LogP contribution in [0.5, 0.6) is 0 Å². The van der Waals surface area contributed by atoms with Crippen molar-refractivity contribution >= 4 is 28.2 Å². The molecule has 0 radical (unpaired) electrons. The molecule has 1 fully saturated rings. The van der Waals surface area contributed by atoms with Crippen LogP contribution in [0.2, 0.25) is 0 Å². The third-order valence-electron chi connectivity index (χ3n) is 3.64. The van der Waals surface area contributed by atoms with E-state index in [9.17, 15) is 9.59 Å². The molecule has 0 aliphatic carbocycles. The lowest BCUT2D eigenvalue weighted by Crippen LogP contribution is -2.50. The predicted octanol–water partition coefficient (Wildman–Crippen LogP) is 0.856. The van der Waals surface area contributed by atoms with Crippen LogP contribution in [0.4, 0.5) is 5.00 Å². The van der Waals surface area contributed by atoms with Gasteiger partial charge in [0, 0.05) is 18.9 Å². The number of ether oxygens (including phenoxy) is 1. The molecule has 120 valence electrons. The van der Waals surface area contributed by atoms with E-state index in [2.05, 4.69) is 0 Å². The predicted molar refractivity (Wildman–Crippen MR) is 77.9 cm³/mol. The minimum Gasteiger partial charge on any atom is -0.390 e. The van der Waals surface area contributed by atoms with Crippen LogP contribution in [0, 0.1) is 0 Å². The molecule has 2 N–H and O–H groups in total. The number of imide groups is 1. The molecular formula is C13H17N3O5S. The van der Waals surface area contributed by atoms with Crippen molar-refractivity contribution in [3.8, 4) is 0 Å². The summed E-state index contributed by atoms with van der Waals surface area (Å²) < 4.78 is 5.15. The maximum absolute atomic E-state index is 12.4. The molecule has 1 saturated heterocycles. The molecule has 0 saturated carbocycles. The van der Waals surface area contributed by atoms with E-state index in [0.717, 1.165) is 4.90 Å². The average Bonchev–Trinajstić information content (AvgIpc) is 3.00. The maximum Gasteiger partial charge on any atom is 0.266 e. The number of fused-ring (bicyclic) bond motifs is 1. The van der Waals surface area contributed by atoms with Gasteiger partial charge in [-0.1, -0.05) is 5.23 Å². The zero-order chi connectivity index (χ0) is 15.9. The zero-order valence-corrected chi connectivity index (χ0v) is 13.1. The molecule has 2 atom stereocenters. The van der Waals surface area contributed by atoms with Crippen LogP contribution in [-0.2, 0) is 14.4 Å². The molecule has 8 nitrogen and oxygen atoms in total. The lowest BCUT2D eigenvalue weighted by Gasteiger charge is -2.35. The van der Waals surface area contributed by atoms with Crippen molar-refractivity contribution in [1.29, 1.82) is 0 Å². The van der Waals surface area contributed by atoms with Crippen LogP contribution >= 0.6 is 11.3 Å². The fraction of sp³-hybridized carbons (Fsp3) is 0.538. The molecule has 1 aromatic rings. The Morgan fingerprint density at radius 3 is 2.95 bits per heavy atom. The van der Waals surface area contributed by atoms with Crippen LogP contribution in [0.1, 0.15) is 34.1 Å². The number of hydroxylamine groups is 2. The molecule has 2 aliphatic rings. The summed E-state index contributed by atoms with van der Waals surface area (Å²) in [5.41, 5.74) is 6.40. The topological polar surface area (TPSA) is 94.3 Å². The van der Waals surface area contributed by atoms with Gasteiger partial charge in [0.2, 0.25) is 0 Å². The maximum atomic E-state index is 12.4. The van der Waals surface area contributed by atoms with Crippen molar-refractivity contribution in [3.63, 3.8) is 0 Å². The lowest BCUT2D eigenvalue weighted by molar-refractivity contribution is -0.428. The van der Waals surface area contributed by atoms with Gasteiger partial charge in [-0.2, -0.15) is 0 Å². The second-order valence-corrected chi connectivity index (χ2v) is 6.02. The number of carbonyl (C=O) groups excluding carboxylic acids is 2. The number of nitrogens with zero attached hydrogens (tertiary/aromatic N) is 2. The zero-order valence-electron chi connectivity index (χ0n) is 12.3. The second-order valence-electron chi connectivity index (χ2n) is 5.11. The van der Waals surface area contributed by atoms with E-state index in [1.165, 1.54) is 16.6 Å². The number of rotatable bonds is 4. The van der Waals surface area contributed by atoms with E-state index in [1.807, 2.05) is 6.92 Å². The van der Waals surface area contributed by atoms with Crippen LogP contribution in [-0.4, -0.2) is 54.5 Å². The SMILES string of the molecule is COC(C)CN1OCCC(N2C(=O)c3csc(N)c3C2=O)O1. The molecule has 0 bridgehead atoms. The average molecular weight is 327 g/mol. The Bertz CT molecular complexity index is 604.